The van der Waals surface area contributed by atoms with Crippen LogP contribution in [0.15, 0.2) is 42.7 Å². The van der Waals surface area contributed by atoms with Crippen molar-refractivity contribution in [2.75, 3.05) is 17.2 Å². The van der Waals surface area contributed by atoms with Gasteiger partial charge in [0, 0.05) is 30.2 Å². The number of rotatable bonds is 7. The van der Waals surface area contributed by atoms with Crippen LogP contribution in [0.2, 0.25) is 0 Å². The van der Waals surface area contributed by atoms with Gasteiger partial charge in [0.05, 0.1) is 11.3 Å². The lowest BCUT2D eigenvalue weighted by Crippen LogP contribution is -2.13. The number of benzene rings is 1. The van der Waals surface area contributed by atoms with Crippen molar-refractivity contribution in [2.45, 2.75) is 27.2 Å². The Balaban J connectivity index is 2.04. The summed E-state index contributed by atoms with van der Waals surface area (Å²) in [6.07, 6.45) is 4.28. The standard InChI is InChI=1S/C19H23N3O2/c1-13(2)7-8-21-18-10-16(11-20-12-18)19(24)22-17-6-4-5-15(9-17)14(3)23/h4-6,9-13,21H,7-8H2,1-3H3,(H,22,24). The summed E-state index contributed by atoms with van der Waals surface area (Å²) in [6, 6.07) is 8.66. The molecular weight excluding hydrogens is 302 g/mol. The Bertz CT molecular complexity index is 726. The minimum Gasteiger partial charge on any atom is -0.384 e. The Hall–Kier alpha value is -2.69. The molecule has 0 spiro atoms. The van der Waals surface area contributed by atoms with Gasteiger partial charge in [-0.3, -0.25) is 14.6 Å². The van der Waals surface area contributed by atoms with E-state index < -0.39 is 0 Å². The van der Waals surface area contributed by atoms with Crippen molar-refractivity contribution in [3.8, 4) is 0 Å². The summed E-state index contributed by atoms with van der Waals surface area (Å²) in [4.78, 5) is 27.9. The number of pyridine rings is 1. The molecule has 0 aliphatic carbocycles. The molecule has 5 nitrogen and oxygen atoms in total. The maximum Gasteiger partial charge on any atom is 0.257 e. The average Bonchev–Trinajstić information content (AvgIpc) is 2.55. The molecule has 2 aromatic rings. The molecule has 0 unspecified atom stereocenters. The third kappa shape index (κ3) is 5.19. The Morgan fingerprint density at radius 1 is 1.08 bits per heavy atom. The zero-order valence-corrected chi connectivity index (χ0v) is 14.3. The maximum absolute atomic E-state index is 12.4. The molecule has 1 heterocycles. The molecule has 2 N–H and O–H groups in total. The molecule has 126 valence electrons. The molecule has 0 saturated carbocycles. The van der Waals surface area contributed by atoms with E-state index in [1.165, 1.54) is 13.1 Å². The number of anilines is 2. The van der Waals surface area contributed by atoms with E-state index in [1.807, 2.05) is 0 Å². The molecule has 2 rings (SSSR count). The van der Waals surface area contributed by atoms with Crippen LogP contribution in [0.3, 0.4) is 0 Å². The van der Waals surface area contributed by atoms with Gasteiger partial charge in [-0.15, -0.1) is 0 Å². The van der Waals surface area contributed by atoms with Crippen molar-refractivity contribution in [2.24, 2.45) is 5.92 Å². The summed E-state index contributed by atoms with van der Waals surface area (Å²) in [5.74, 6) is 0.324. The average molecular weight is 325 g/mol. The summed E-state index contributed by atoms with van der Waals surface area (Å²) in [7, 11) is 0. The Kier molecular flexibility index (Phi) is 6.07. The molecule has 24 heavy (non-hydrogen) atoms. The highest BCUT2D eigenvalue weighted by Crippen LogP contribution is 2.14. The molecule has 1 amide bonds. The number of nitrogens with one attached hydrogen (secondary N) is 2. The van der Waals surface area contributed by atoms with Gasteiger partial charge in [-0.2, -0.15) is 0 Å². The number of aromatic nitrogens is 1. The number of hydrogen-bond donors (Lipinski definition) is 2. The Morgan fingerprint density at radius 2 is 1.83 bits per heavy atom. The van der Waals surface area contributed by atoms with E-state index in [-0.39, 0.29) is 11.7 Å². The quantitative estimate of drug-likeness (QED) is 0.755. The van der Waals surface area contributed by atoms with E-state index in [1.54, 1.807) is 36.5 Å². The number of ketones is 1. The van der Waals surface area contributed by atoms with Crippen molar-refractivity contribution < 1.29 is 9.59 Å². The summed E-state index contributed by atoms with van der Waals surface area (Å²) >= 11 is 0. The molecule has 1 aromatic heterocycles. The van der Waals surface area contributed by atoms with Crippen LogP contribution in [-0.4, -0.2) is 23.2 Å². The largest absolute Gasteiger partial charge is 0.384 e. The van der Waals surface area contributed by atoms with Crippen LogP contribution in [0.5, 0.6) is 0 Å². The summed E-state index contributed by atoms with van der Waals surface area (Å²) < 4.78 is 0. The number of nitrogens with zero attached hydrogens (tertiary/aromatic N) is 1. The first kappa shape index (κ1) is 17.7. The van der Waals surface area contributed by atoms with E-state index in [4.69, 9.17) is 0 Å². The van der Waals surface area contributed by atoms with Crippen molar-refractivity contribution in [1.29, 1.82) is 0 Å². The molecule has 0 radical (unpaired) electrons. The van der Waals surface area contributed by atoms with E-state index in [0.717, 1.165) is 18.7 Å². The number of carbonyl (C=O) groups is 2. The molecule has 5 heteroatoms. The van der Waals surface area contributed by atoms with Gasteiger partial charge in [0.1, 0.15) is 0 Å². The first-order chi connectivity index (χ1) is 11.5. The summed E-state index contributed by atoms with van der Waals surface area (Å²) in [6.45, 7) is 6.67. The highest BCUT2D eigenvalue weighted by atomic mass is 16.1. The number of carbonyl (C=O) groups excluding carboxylic acids is 2. The summed E-state index contributed by atoms with van der Waals surface area (Å²) in [5.41, 5.74) is 2.44. The fourth-order valence-corrected chi connectivity index (χ4v) is 2.19. The van der Waals surface area contributed by atoms with Gasteiger partial charge in [0.15, 0.2) is 5.78 Å². The smallest absolute Gasteiger partial charge is 0.257 e. The molecule has 0 bridgehead atoms. The monoisotopic (exact) mass is 325 g/mol. The van der Waals surface area contributed by atoms with Crippen molar-refractivity contribution in [3.63, 3.8) is 0 Å². The SMILES string of the molecule is CC(=O)c1cccc(NC(=O)c2cncc(NCCC(C)C)c2)c1. The fourth-order valence-electron chi connectivity index (χ4n) is 2.19. The van der Waals surface area contributed by atoms with Crippen molar-refractivity contribution in [3.05, 3.63) is 53.9 Å². The first-order valence-corrected chi connectivity index (χ1v) is 8.07. The van der Waals surface area contributed by atoms with E-state index >= 15 is 0 Å². The fraction of sp³-hybridized carbons (Fsp3) is 0.316. The van der Waals surface area contributed by atoms with Gasteiger partial charge in [-0.25, -0.2) is 0 Å². The maximum atomic E-state index is 12.4. The van der Waals surface area contributed by atoms with Crippen LogP contribution in [0.25, 0.3) is 0 Å². The number of Topliss-reactive ketones (excluding diaryl/α,β-unsaturated/α-hetero) is 1. The van der Waals surface area contributed by atoms with Crippen molar-refractivity contribution >= 4 is 23.1 Å². The predicted molar refractivity (Wildman–Crippen MR) is 96.6 cm³/mol. The second kappa shape index (κ2) is 8.24. The van der Waals surface area contributed by atoms with Crippen LogP contribution >= 0.6 is 0 Å². The van der Waals surface area contributed by atoms with Crippen LogP contribution in [-0.2, 0) is 0 Å². The second-order valence-electron chi connectivity index (χ2n) is 6.16. The third-order valence-corrected chi connectivity index (χ3v) is 3.58. The topological polar surface area (TPSA) is 71.1 Å². The highest BCUT2D eigenvalue weighted by molar-refractivity contribution is 6.05. The molecule has 0 atom stereocenters. The molecule has 0 fully saturated rings. The van der Waals surface area contributed by atoms with E-state index in [9.17, 15) is 9.59 Å². The van der Waals surface area contributed by atoms with Crippen LogP contribution < -0.4 is 10.6 Å². The van der Waals surface area contributed by atoms with Gasteiger partial charge in [0.2, 0.25) is 0 Å². The molecule has 1 aromatic carbocycles. The van der Waals surface area contributed by atoms with Crippen molar-refractivity contribution in [1.82, 2.24) is 4.98 Å². The van der Waals surface area contributed by atoms with Gasteiger partial charge in [0.25, 0.3) is 5.91 Å². The molecule has 0 saturated heterocycles. The van der Waals surface area contributed by atoms with Crippen LogP contribution in [0, 0.1) is 5.92 Å². The van der Waals surface area contributed by atoms with Gasteiger partial charge >= 0.3 is 0 Å². The van der Waals surface area contributed by atoms with Crippen LogP contribution in [0.1, 0.15) is 47.9 Å². The minimum absolute atomic E-state index is 0.0379. The lowest BCUT2D eigenvalue weighted by molar-refractivity contribution is 0.101. The van der Waals surface area contributed by atoms with Gasteiger partial charge < -0.3 is 10.6 Å². The number of amides is 1. The van der Waals surface area contributed by atoms with Crippen LogP contribution in [0.4, 0.5) is 11.4 Å². The predicted octanol–water partition coefficient (Wildman–Crippen LogP) is 3.99. The summed E-state index contributed by atoms with van der Waals surface area (Å²) in [5, 5.41) is 6.07. The van der Waals surface area contributed by atoms with Gasteiger partial charge in [-0.05, 0) is 37.5 Å². The Labute approximate surface area is 142 Å². The zero-order valence-electron chi connectivity index (χ0n) is 14.3. The third-order valence-electron chi connectivity index (χ3n) is 3.58. The minimum atomic E-state index is -0.254. The van der Waals surface area contributed by atoms with E-state index in [0.29, 0.717) is 22.7 Å². The molecular formula is C19H23N3O2. The number of hydrogen-bond acceptors (Lipinski definition) is 4. The molecule has 0 aliphatic heterocycles. The lowest BCUT2D eigenvalue weighted by atomic mass is 10.1. The second-order valence-corrected chi connectivity index (χ2v) is 6.16. The lowest BCUT2D eigenvalue weighted by Gasteiger charge is -2.10. The highest BCUT2D eigenvalue weighted by Gasteiger charge is 2.09. The van der Waals surface area contributed by atoms with E-state index in [2.05, 4.69) is 29.5 Å². The molecule has 0 aliphatic rings. The zero-order chi connectivity index (χ0) is 17.5. The Morgan fingerprint density at radius 3 is 2.54 bits per heavy atom. The first-order valence-electron chi connectivity index (χ1n) is 8.07. The van der Waals surface area contributed by atoms with Gasteiger partial charge in [-0.1, -0.05) is 26.0 Å². The normalized spacial score (nSPS) is 10.5.